The smallest absolute Gasteiger partial charge is 0.306 e. The fourth-order valence-electron chi connectivity index (χ4n) is 2.76. The average Bonchev–Trinajstić information content (AvgIpc) is 2.93. The quantitative estimate of drug-likeness (QED) is 0.884. The molecule has 2 N–H and O–H groups in total. The fourth-order valence-corrected chi connectivity index (χ4v) is 3.61. The van der Waals surface area contributed by atoms with Crippen molar-refractivity contribution in [3.05, 3.63) is 17.3 Å². The zero-order valence-corrected chi connectivity index (χ0v) is 13.6. The van der Waals surface area contributed by atoms with Crippen molar-refractivity contribution in [1.82, 2.24) is 14.9 Å². The van der Waals surface area contributed by atoms with Gasteiger partial charge < -0.3 is 15.3 Å². The van der Waals surface area contributed by atoms with Gasteiger partial charge in [0.25, 0.3) is 0 Å². The fraction of sp³-hybridized carbons (Fsp3) is 0.467. The van der Waals surface area contributed by atoms with Crippen LogP contribution in [0.25, 0.3) is 10.2 Å². The van der Waals surface area contributed by atoms with E-state index in [-0.39, 0.29) is 18.4 Å². The number of aryl methyl sites for hydroxylation is 1. The van der Waals surface area contributed by atoms with Gasteiger partial charge in [-0.3, -0.25) is 9.59 Å². The first kappa shape index (κ1) is 15.7. The van der Waals surface area contributed by atoms with Crippen LogP contribution in [0.4, 0.5) is 5.82 Å². The van der Waals surface area contributed by atoms with Crippen LogP contribution in [0.2, 0.25) is 0 Å². The summed E-state index contributed by atoms with van der Waals surface area (Å²) >= 11 is 1.59. The molecule has 3 rings (SSSR count). The highest BCUT2D eigenvalue weighted by molar-refractivity contribution is 7.18. The van der Waals surface area contributed by atoms with Crippen LogP contribution in [0.1, 0.15) is 17.7 Å². The predicted molar refractivity (Wildman–Crippen MR) is 87.6 cm³/mol. The van der Waals surface area contributed by atoms with Gasteiger partial charge in [-0.05, 0) is 25.8 Å². The number of carbonyl (C=O) groups excluding carboxylic acids is 1. The average molecular weight is 334 g/mol. The maximum absolute atomic E-state index is 12.3. The van der Waals surface area contributed by atoms with Gasteiger partial charge in [0.1, 0.15) is 17.0 Å². The van der Waals surface area contributed by atoms with Crippen molar-refractivity contribution in [2.24, 2.45) is 5.92 Å². The number of carboxylic acid groups (broad SMARTS) is 1. The number of hydrogen-bond donors (Lipinski definition) is 2. The lowest BCUT2D eigenvalue weighted by molar-refractivity contribution is -0.145. The third kappa shape index (κ3) is 3.42. The molecule has 122 valence electrons. The van der Waals surface area contributed by atoms with E-state index in [9.17, 15) is 9.59 Å². The SMILES string of the molecule is Cc1cc2c(NCC(=O)N3CCC(C(=O)O)CC3)ncnc2s1. The Bertz CT molecular complexity index is 737. The van der Waals surface area contributed by atoms with E-state index in [1.807, 2.05) is 13.0 Å². The zero-order chi connectivity index (χ0) is 16.4. The highest BCUT2D eigenvalue weighted by atomic mass is 32.1. The van der Waals surface area contributed by atoms with Gasteiger partial charge in [-0.15, -0.1) is 11.3 Å². The summed E-state index contributed by atoms with van der Waals surface area (Å²) in [5.41, 5.74) is 0. The molecular weight excluding hydrogens is 316 g/mol. The molecular formula is C15H18N4O3S. The molecule has 0 aromatic carbocycles. The Balaban J connectivity index is 1.59. The molecule has 8 heteroatoms. The molecule has 0 radical (unpaired) electrons. The maximum Gasteiger partial charge on any atom is 0.306 e. The molecule has 1 aliphatic heterocycles. The Morgan fingerprint density at radius 1 is 1.39 bits per heavy atom. The van der Waals surface area contributed by atoms with Crippen molar-refractivity contribution in [3.8, 4) is 0 Å². The first-order valence-electron chi connectivity index (χ1n) is 7.50. The first-order valence-corrected chi connectivity index (χ1v) is 8.32. The Morgan fingerprint density at radius 3 is 2.83 bits per heavy atom. The summed E-state index contributed by atoms with van der Waals surface area (Å²) < 4.78 is 0. The van der Waals surface area contributed by atoms with E-state index >= 15 is 0 Å². The molecule has 2 aromatic rings. The number of carboxylic acids is 1. The number of thiophene rings is 1. The van der Waals surface area contributed by atoms with Crippen LogP contribution in [0.15, 0.2) is 12.4 Å². The Labute approximate surface area is 137 Å². The van der Waals surface area contributed by atoms with E-state index in [1.54, 1.807) is 16.2 Å². The maximum atomic E-state index is 12.3. The van der Waals surface area contributed by atoms with Crippen molar-refractivity contribution in [2.75, 3.05) is 25.0 Å². The van der Waals surface area contributed by atoms with Crippen LogP contribution in [0, 0.1) is 12.8 Å². The van der Waals surface area contributed by atoms with Gasteiger partial charge in [-0.25, -0.2) is 9.97 Å². The summed E-state index contributed by atoms with van der Waals surface area (Å²) in [6.07, 6.45) is 2.52. The van der Waals surface area contributed by atoms with E-state index in [0.29, 0.717) is 31.7 Å². The summed E-state index contributed by atoms with van der Waals surface area (Å²) in [7, 11) is 0. The highest BCUT2D eigenvalue weighted by Crippen LogP contribution is 2.27. The van der Waals surface area contributed by atoms with Crippen LogP contribution in [-0.4, -0.2) is 51.5 Å². The van der Waals surface area contributed by atoms with Crippen LogP contribution >= 0.6 is 11.3 Å². The number of rotatable bonds is 4. The number of aliphatic carboxylic acids is 1. The number of hydrogen-bond acceptors (Lipinski definition) is 6. The number of anilines is 1. The lowest BCUT2D eigenvalue weighted by Crippen LogP contribution is -2.42. The van der Waals surface area contributed by atoms with E-state index in [4.69, 9.17) is 5.11 Å². The van der Waals surface area contributed by atoms with Gasteiger partial charge in [-0.2, -0.15) is 0 Å². The van der Waals surface area contributed by atoms with Crippen LogP contribution in [0.3, 0.4) is 0 Å². The summed E-state index contributed by atoms with van der Waals surface area (Å²) in [4.78, 5) is 35.4. The van der Waals surface area contributed by atoms with Gasteiger partial charge >= 0.3 is 5.97 Å². The van der Waals surface area contributed by atoms with Crippen molar-refractivity contribution in [3.63, 3.8) is 0 Å². The molecule has 7 nitrogen and oxygen atoms in total. The predicted octanol–water partition coefficient (Wildman–Crippen LogP) is 1.73. The molecule has 0 bridgehead atoms. The van der Waals surface area contributed by atoms with Gasteiger partial charge in [0, 0.05) is 18.0 Å². The Hall–Kier alpha value is -2.22. The number of aromatic nitrogens is 2. The van der Waals surface area contributed by atoms with Crippen molar-refractivity contribution in [1.29, 1.82) is 0 Å². The number of nitrogens with one attached hydrogen (secondary N) is 1. The van der Waals surface area contributed by atoms with Crippen LogP contribution < -0.4 is 5.32 Å². The molecule has 0 spiro atoms. The number of nitrogens with zero attached hydrogens (tertiary/aromatic N) is 3. The third-order valence-corrected chi connectivity index (χ3v) is 5.02. The summed E-state index contributed by atoms with van der Waals surface area (Å²) in [5.74, 6) is -0.477. The van der Waals surface area contributed by atoms with Crippen LogP contribution in [-0.2, 0) is 9.59 Å². The van der Waals surface area contributed by atoms with Gasteiger partial charge in [0.2, 0.25) is 5.91 Å². The minimum absolute atomic E-state index is 0.0347. The molecule has 2 aromatic heterocycles. The van der Waals surface area contributed by atoms with E-state index in [2.05, 4.69) is 15.3 Å². The summed E-state index contributed by atoms with van der Waals surface area (Å²) in [6, 6.07) is 2.01. The minimum Gasteiger partial charge on any atom is -0.481 e. The number of amides is 1. The van der Waals surface area contributed by atoms with E-state index < -0.39 is 5.97 Å². The third-order valence-electron chi connectivity index (χ3n) is 4.06. The molecule has 3 heterocycles. The van der Waals surface area contributed by atoms with Crippen LogP contribution in [0.5, 0.6) is 0 Å². The second-order valence-electron chi connectivity index (χ2n) is 5.65. The zero-order valence-electron chi connectivity index (χ0n) is 12.8. The van der Waals surface area contributed by atoms with Gasteiger partial charge in [-0.1, -0.05) is 0 Å². The summed E-state index contributed by atoms with van der Waals surface area (Å²) in [6.45, 7) is 3.15. The standard InChI is InChI=1S/C15H18N4O3S/c1-9-6-11-13(17-8-18-14(11)23-9)16-7-12(20)19-4-2-10(3-5-19)15(21)22/h6,8,10H,2-5,7H2,1H3,(H,21,22)(H,16,17,18). The molecule has 1 aliphatic rings. The second kappa shape index (κ2) is 6.49. The highest BCUT2D eigenvalue weighted by Gasteiger charge is 2.26. The Morgan fingerprint density at radius 2 is 2.13 bits per heavy atom. The van der Waals surface area contributed by atoms with Crippen molar-refractivity contribution >= 4 is 39.2 Å². The lowest BCUT2D eigenvalue weighted by atomic mass is 9.97. The molecule has 23 heavy (non-hydrogen) atoms. The number of piperidine rings is 1. The second-order valence-corrected chi connectivity index (χ2v) is 6.88. The van der Waals surface area contributed by atoms with Crippen molar-refractivity contribution < 1.29 is 14.7 Å². The molecule has 0 aliphatic carbocycles. The molecule has 1 amide bonds. The topological polar surface area (TPSA) is 95.4 Å². The lowest BCUT2D eigenvalue weighted by Gasteiger charge is -2.30. The number of fused-ring (bicyclic) bond motifs is 1. The molecule has 1 fully saturated rings. The Kier molecular flexibility index (Phi) is 4.42. The normalized spacial score (nSPS) is 15.8. The molecule has 0 unspecified atom stereocenters. The largest absolute Gasteiger partial charge is 0.481 e. The van der Waals surface area contributed by atoms with Crippen molar-refractivity contribution in [2.45, 2.75) is 19.8 Å². The number of likely N-dealkylation sites (tertiary alicyclic amines) is 1. The van der Waals surface area contributed by atoms with Gasteiger partial charge in [0.05, 0.1) is 17.8 Å². The molecule has 1 saturated heterocycles. The van der Waals surface area contributed by atoms with E-state index in [0.717, 1.165) is 15.1 Å². The first-order chi connectivity index (χ1) is 11.0. The monoisotopic (exact) mass is 334 g/mol. The summed E-state index contributed by atoms with van der Waals surface area (Å²) in [5, 5.41) is 13.0. The van der Waals surface area contributed by atoms with E-state index in [1.165, 1.54) is 6.33 Å². The molecule has 0 saturated carbocycles. The minimum atomic E-state index is -0.772. The molecule has 0 atom stereocenters. The van der Waals surface area contributed by atoms with Gasteiger partial charge in [0.15, 0.2) is 0 Å². The number of carbonyl (C=O) groups is 2.